The highest BCUT2D eigenvalue weighted by molar-refractivity contribution is 5.77. The van der Waals surface area contributed by atoms with Crippen molar-refractivity contribution >= 4 is 5.91 Å². The molecule has 4 nitrogen and oxygen atoms in total. The van der Waals surface area contributed by atoms with Gasteiger partial charge in [0.25, 0.3) is 0 Å². The van der Waals surface area contributed by atoms with Crippen LogP contribution in [-0.2, 0) is 17.6 Å². The maximum Gasteiger partial charge on any atom is 0.223 e. The van der Waals surface area contributed by atoms with Crippen molar-refractivity contribution in [3.05, 3.63) is 41.0 Å². The number of hydrogen-bond acceptors (Lipinski definition) is 3. The van der Waals surface area contributed by atoms with Gasteiger partial charge in [-0.3, -0.25) is 9.69 Å². The molecule has 0 aromatic heterocycles. The number of carbonyl (C=O) groups excluding carboxylic acids is 1. The summed E-state index contributed by atoms with van der Waals surface area (Å²) in [6.07, 6.45) is 12.9. The molecular weight excluding hydrogens is 372 g/mol. The lowest BCUT2D eigenvalue weighted by Gasteiger charge is -2.54. The molecular formula is C26H34N2O2. The Morgan fingerprint density at radius 2 is 2.10 bits per heavy atom. The molecule has 5 aliphatic rings. The van der Waals surface area contributed by atoms with Crippen molar-refractivity contribution in [3.63, 3.8) is 0 Å². The minimum atomic E-state index is 0.363. The molecule has 4 heteroatoms. The Morgan fingerprint density at radius 3 is 3.07 bits per heavy atom. The third-order valence-corrected chi connectivity index (χ3v) is 8.36. The fourth-order valence-electron chi connectivity index (χ4n) is 7.04. The van der Waals surface area contributed by atoms with Gasteiger partial charge in [-0.15, -0.1) is 0 Å². The molecule has 0 unspecified atom stereocenters. The summed E-state index contributed by atoms with van der Waals surface area (Å²) >= 11 is 0. The van der Waals surface area contributed by atoms with E-state index in [1.54, 1.807) is 5.57 Å². The highest BCUT2D eigenvalue weighted by Crippen LogP contribution is 2.45. The molecule has 2 bridgehead atoms. The summed E-state index contributed by atoms with van der Waals surface area (Å²) in [5.41, 5.74) is 4.17. The van der Waals surface area contributed by atoms with Gasteiger partial charge in [0.15, 0.2) is 0 Å². The SMILES string of the molecule is O=C(CCc1ccc2c(c1)CCO2)N1CCCC2=C[C@H]3C[C@H](CN4CCCC[C@@H]34)[C@@H]21. The van der Waals surface area contributed by atoms with Crippen LogP contribution in [0.1, 0.15) is 56.1 Å². The van der Waals surface area contributed by atoms with E-state index >= 15 is 0 Å². The molecule has 4 heterocycles. The van der Waals surface area contributed by atoms with Crippen molar-refractivity contribution in [1.82, 2.24) is 9.80 Å². The molecule has 6 rings (SSSR count). The third-order valence-electron chi connectivity index (χ3n) is 8.36. The molecule has 0 spiro atoms. The minimum Gasteiger partial charge on any atom is -0.493 e. The third kappa shape index (κ3) is 3.28. The Kier molecular flexibility index (Phi) is 4.86. The van der Waals surface area contributed by atoms with Gasteiger partial charge in [-0.25, -0.2) is 0 Å². The fraction of sp³-hybridized carbons (Fsp3) is 0.654. The van der Waals surface area contributed by atoms with Crippen LogP contribution < -0.4 is 4.74 Å². The zero-order valence-corrected chi connectivity index (χ0v) is 18.0. The van der Waals surface area contributed by atoms with E-state index < -0.39 is 0 Å². The number of amides is 1. The number of fused-ring (bicyclic) bond motifs is 7. The van der Waals surface area contributed by atoms with Gasteiger partial charge in [0.05, 0.1) is 12.6 Å². The van der Waals surface area contributed by atoms with Gasteiger partial charge in [0.1, 0.15) is 5.75 Å². The van der Waals surface area contributed by atoms with E-state index in [0.29, 0.717) is 24.3 Å². The van der Waals surface area contributed by atoms with Gasteiger partial charge in [-0.1, -0.05) is 30.2 Å². The highest BCUT2D eigenvalue weighted by atomic mass is 16.5. The first-order valence-electron chi connectivity index (χ1n) is 12.2. The zero-order valence-electron chi connectivity index (χ0n) is 18.0. The first-order valence-corrected chi connectivity index (χ1v) is 12.2. The van der Waals surface area contributed by atoms with Crippen LogP contribution in [0.4, 0.5) is 0 Å². The van der Waals surface area contributed by atoms with Gasteiger partial charge in [-0.05, 0) is 74.1 Å². The summed E-state index contributed by atoms with van der Waals surface area (Å²) in [6, 6.07) is 7.63. The van der Waals surface area contributed by atoms with E-state index in [0.717, 1.165) is 50.1 Å². The van der Waals surface area contributed by atoms with Crippen LogP contribution in [0.25, 0.3) is 0 Å². The average molecular weight is 407 g/mol. The predicted molar refractivity (Wildman–Crippen MR) is 118 cm³/mol. The van der Waals surface area contributed by atoms with E-state index in [-0.39, 0.29) is 0 Å². The largest absolute Gasteiger partial charge is 0.493 e. The lowest BCUT2D eigenvalue weighted by Crippen LogP contribution is -2.60. The summed E-state index contributed by atoms with van der Waals surface area (Å²) in [5, 5.41) is 0. The Labute approximate surface area is 180 Å². The summed E-state index contributed by atoms with van der Waals surface area (Å²) < 4.78 is 5.62. The molecule has 30 heavy (non-hydrogen) atoms. The molecule has 1 aliphatic carbocycles. The van der Waals surface area contributed by atoms with Crippen LogP contribution >= 0.6 is 0 Å². The fourth-order valence-corrected chi connectivity index (χ4v) is 7.04. The summed E-state index contributed by atoms with van der Waals surface area (Å²) in [6.45, 7) is 4.22. The number of hydrogen-bond donors (Lipinski definition) is 0. The Balaban J connectivity index is 1.17. The van der Waals surface area contributed by atoms with Crippen LogP contribution in [-0.4, -0.2) is 54.0 Å². The number of likely N-dealkylation sites (tertiary alicyclic amines) is 1. The van der Waals surface area contributed by atoms with Crippen LogP contribution in [0, 0.1) is 11.8 Å². The second kappa shape index (κ2) is 7.71. The molecule has 1 aromatic carbocycles. The number of carbonyl (C=O) groups is 1. The van der Waals surface area contributed by atoms with E-state index in [9.17, 15) is 4.79 Å². The molecule has 4 atom stereocenters. The molecule has 1 aromatic rings. The first kappa shape index (κ1) is 18.9. The number of rotatable bonds is 3. The zero-order chi connectivity index (χ0) is 20.1. The first-order chi connectivity index (χ1) is 14.8. The topological polar surface area (TPSA) is 32.8 Å². The number of benzene rings is 1. The number of piperidine rings is 3. The van der Waals surface area contributed by atoms with E-state index in [4.69, 9.17) is 4.74 Å². The standard InChI is InChI=1S/C26H34N2O2/c29-25(9-7-18-6-8-24-19(14-18)10-13-30-24)28-12-3-4-20-15-21-16-22(26(20)28)17-27-11-2-1-5-23(21)27/h6,8,14-15,21-23,26H,1-5,7,9-13,16-17H2/t21-,22+,23-,26+/m0/s1. The van der Waals surface area contributed by atoms with Crippen molar-refractivity contribution in [2.45, 2.75) is 69.9 Å². The Hall–Kier alpha value is -1.81. The molecule has 3 fully saturated rings. The second-order valence-corrected chi connectivity index (χ2v) is 10.1. The monoisotopic (exact) mass is 406 g/mol. The minimum absolute atomic E-state index is 0.363. The smallest absolute Gasteiger partial charge is 0.223 e. The molecule has 0 N–H and O–H groups in total. The van der Waals surface area contributed by atoms with Gasteiger partial charge < -0.3 is 9.64 Å². The number of aryl methyl sites for hydroxylation is 1. The number of nitrogens with zero attached hydrogens (tertiary/aromatic N) is 2. The van der Waals surface area contributed by atoms with E-state index in [1.165, 1.54) is 56.3 Å². The summed E-state index contributed by atoms with van der Waals surface area (Å²) in [7, 11) is 0. The molecule has 0 saturated carbocycles. The van der Waals surface area contributed by atoms with E-state index in [2.05, 4.69) is 34.1 Å². The predicted octanol–water partition coefficient (Wildman–Crippen LogP) is 3.98. The van der Waals surface area contributed by atoms with Crippen molar-refractivity contribution in [2.24, 2.45) is 11.8 Å². The normalized spacial score (nSPS) is 32.5. The molecule has 160 valence electrons. The second-order valence-electron chi connectivity index (χ2n) is 10.1. The van der Waals surface area contributed by atoms with Gasteiger partial charge in [-0.2, -0.15) is 0 Å². The van der Waals surface area contributed by atoms with Crippen LogP contribution in [0.5, 0.6) is 5.75 Å². The van der Waals surface area contributed by atoms with Crippen LogP contribution in [0.2, 0.25) is 0 Å². The highest BCUT2D eigenvalue weighted by Gasteiger charge is 2.46. The summed E-state index contributed by atoms with van der Waals surface area (Å²) in [4.78, 5) is 18.4. The Morgan fingerprint density at radius 1 is 1.13 bits per heavy atom. The summed E-state index contributed by atoms with van der Waals surface area (Å²) in [5.74, 6) is 2.77. The van der Waals surface area contributed by atoms with Gasteiger partial charge in [0.2, 0.25) is 5.91 Å². The van der Waals surface area contributed by atoms with Crippen molar-refractivity contribution in [3.8, 4) is 5.75 Å². The number of ether oxygens (including phenoxy) is 1. The average Bonchev–Trinajstić information content (AvgIpc) is 3.25. The van der Waals surface area contributed by atoms with Gasteiger partial charge >= 0.3 is 0 Å². The lowest BCUT2D eigenvalue weighted by atomic mass is 9.68. The van der Waals surface area contributed by atoms with Crippen molar-refractivity contribution < 1.29 is 9.53 Å². The van der Waals surface area contributed by atoms with Crippen molar-refractivity contribution in [2.75, 3.05) is 26.2 Å². The lowest BCUT2D eigenvalue weighted by molar-refractivity contribution is -0.136. The molecule has 0 radical (unpaired) electrons. The molecule has 4 aliphatic heterocycles. The van der Waals surface area contributed by atoms with E-state index in [1.807, 2.05) is 0 Å². The maximum absolute atomic E-state index is 13.4. The molecule has 1 amide bonds. The maximum atomic E-state index is 13.4. The van der Waals surface area contributed by atoms with Crippen molar-refractivity contribution in [1.29, 1.82) is 0 Å². The van der Waals surface area contributed by atoms with Crippen LogP contribution in [0.15, 0.2) is 29.8 Å². The molecule has 3 saturated heterocycles. The van der Waals surface area contributed by atoms with Crippen LogP contribution in [0.3, 0.4) is 0 Å². The quantitative estimate of drug-likeness (QED) is 0.712. The van der Waals surface area contributed by atoms with Gasteiger partial charge in [0, 0.05) is 32.0 Å². The Bertz CT molecular complexity index is 863.